The number of likely N-dealkylation sites (tertiary alicyclic amines) is 1. The van der Waals surface area contributed by atoms with Crippen LogP contribution in [0.4, 0.5) is 4.39 Å². The number of carbonyl (C=O) groups excluding carboxylic acids is 2. The minimum Gasteiger partial charge on any atom is -0.507 e. The van der Waals surface area contributed by atoms with E-state index in [2.05, 4.69) is 0 Å². The lowest BCUT2D eigenvalue weighted by molar-refractivity contribution is -0.139. The van der Waals surface area contributed by atoms with Gasteiger partial charge in [0, 0.05) is 12.1 Å². The lowest BCUT2D eigenvalue weighted by Crippen LogP contribution is -2.31. The number of ether oxygens (including phenoxy) is 2. The molecule has 0 bridgehead atoms. The van der Waals surface area contributed by atoms with Gasteiger partial charge < -0.3 is 19.5 Å². The first-order valence-electron chi connectivity index (χ1n) is 11.7. The SMILES string of the molecule is CCc1ccc(C2C(=C(O)c3ccc(F)cc3)C(=O)C(=O)N2CCc2ccc(OC)c(OC)c2)cc1. The monoisotopic (exact) mass is 489 g/mol. The first-order valence-corrected chi connectivity index (χ1v) is 11.7. The van der Waals surface area contributed by atoms with Crippen molar-refractivity contribution in [2.45, 2.75) is 25.8 Å². The van der Waals surface area contributed by atoms with Crippen LogP contribution in [0, 0.1) is 5.82 Å². The molecule has 0 saturated carbocycles. The fourth-order valence-corrected chi connectivity index (χ4v) is 4.44. The molecule has 4 rings (SSSR count). The molecule has 1 amide bonds. The molecule has 1 fully saturated rings. The number of carbonyl (C=O) groups is 2. The van der Waals surface area contributed by atoms with Crippen LogP contribution in [-0.4, -0.2) is 42.5 Å². The molecule has 3 aromatic carbocycles. The molecule has 0 aromatic heterocycles. The molecule has 1 unspecified atom stereocenters. The molecule has 1 atom stereocenters. The summed E-state index contributed by atoms with van der Waals surface area (Å²) in [6.07, 6.45) is 1.29. The van der Waals surface area contributed by atoms with Gasteiger partial charge in [-0.25, -0.2) is 4.39 Å². The molecule has 36 heavy (non-hydrogen) atoms. The summed E-state index contributed by atoms with van der Waals surface area (Å²) in [6.45, 7) is 2.28. The smallest absolute Gasteiger partial charge is 0.295 e. The largest absolute Gasteiger partial charge is 0.507 e. The maximum absolute atomic E-state index is 13.5. The van der Waals surface area contributed by atoms with E-state index in [4.69, 9.17) is 9.47 Å². The van der Waals surface area contributed by atoms with Gasteiger partial charge in [-0.3, -0.25) is 9.59 Å². The normalized spacial score (nSPS) is 16.9. The molecule has 7 heteroatoms. The lowest BCUT2D eigenvalue weighted by Gasteiger charge is -2.25. The van der Waals surface area contributed by atoms with Crippen molar-refractivity contribution >= 4 is 17.4 Å². The molecule has 0 radical (unpaired) electrons. The minimum atomic E-state index is -0.777. The van der Waals surface area contributed by atoms with Crippen molar-refractivity contribution in [3.8, 4) is 11.5 Å². The number of hydrogen-bond donors (Lipinski definition) is 1. The summed E-state index contributed by atoms with van der Waals surface area (Å²) in [5.41, 5.74) is 2.97. The number of aryl methyl sites for hydroxylation is 1. The van der Waals surface area contributed by atoms with Crippen molar-refractivity contribution in [2.24, 2.45) is 0 Å². The Morgan fingerprint density at radius 1 is 0.917 bits per heavy atom. The van der Waals surface area contributed by atoms with Gasteiger partial charge in [-0.2, -0.15) is 0 Å². The van der Waals surface area contributed by atoms with Gasteiger partial charge in [-0.1, -0.05) is 37.3 Å². The fourth-order valence-electron chi connectivity index (χ4n) is 4.44. The third kappa shape index (κ3) is 4.82. The van der Waals surface area contributed by atoms with Crippen molar-refractivity contribution in [1.29, 1.82) is 0 Å². The van der Waals surface area contributed by atoms with E-state index >= 15 is 0 Å². The van der Waals surface area contributed by atoms with E-state index in [1.807, 2.05) is 43.3 Å². The highest BCUT2D eigenvalue weighted by atomic mass is 19.1. The van der Waals surface area contributed by atoms with Crippen molar-refractivity contribution in [3.63, 3.8) is 0 Å². The van der Waals surface area contributed by atoms with Crippen LogP contribution >= 0.6 is 0 Å². The highest BCUT2D eigenvalue weighted by molar-refractivity contribution is 6.46. The second kappa shape index (κ2) is 10.6. The molecular weight excluding hydrogens is 461 g/mol. The zero-order chi connectivity index (χ0) is 25.8. The molecule has 1 heterocycles. The van der Waals surface area contributed by atoms with Gasteiger partial charge in [0.15, 0.2) is 11.5 Å². The molecule has 1 N–H and O–H groups in total. The summed E-state index contributed by atoms with van der Waals surface area (Å²) < 4.78 is 24.1. The van der Waals surface area contributed by atoms with Gasteiger partial charge in [-0.15, -0.1) is 0 Å². The van der Waals surface area contributed by atoms with Crippen LogP contribution in [0.2, 0.25) is 0 Å². The van der Waals surface area contributed by atoms with Crippen molar-refractivity contribution in [2.75, 3.05) is 20.8 Å². The van der Waals surface area contributed by atoms with Gasteiger partial charge in [0.05, 0.1) is 25.8 Å². The van der Waals surface area contributed by atoms with Crippen LogP contribution in [0.15, 0.2) is 72.3 Å². The van der Waals surface area contributed by atoms with Crippen LogP contribution in [-0.2, 0) is 22.4 Å². The quantitative estimate of drug-likeness (QED) is 0.272. The summed E-state index contributed by atoms with van der Waals surface area (Å²) in [5, 5.41) is 11.1. The standard InChI is InChI=1S/C29H28FNO5/c1-4-18-5-8-20(9-6-18)26-25(27(32)21-10-12-22(30)13-11-21)28(33)29(34)31(26)16-15-19-7-14-23(35-2)24(17-19)36-3/h5-14,17,26,32H,4,15-16H2,1-3H3. The van der Waals surface area contributed by atoms with Crippen LogP contribution in [0.5, 0.6) is 11.5 Å². The van der Waals surface area contributed by atoms with E-state index in [1.165, 1.54) is 29.2 Å². The Kier molecular flexibility index (Phi) is 7.38. The molecule has 0 aliphatic carbocycles. The second-order valence-corrected chi connectivity index (χ2v) is 8.53. The molecular formula is C29H28FNO5. The molecule has 1 aliphatic rings. The van der Waals surface area contributed by atoms with Gasteiger partial charge in [-0.05, 0) is 65.9 Å². The fraction of sp³-hybridized carbons (Fsp3) is 0.241. The zero-order valence-electron chi connectivity index (χ0n) is 20.5. The van der Waals surface area contributed by atoms with Crippen molar-refractivity contribution in [1.82, 2.24) is 4.90 Å². The lowest BCUT2D eigenvalue weighted by atomic mass is 9.94. The predicted octanol–water partition coefficient (Wildman–Crippen LogP) is 5.07. The highest BCUT2D eigenvalue weighted by Crippen LogP contribution is 2.40. The number of methoxy groups -OCH3 is 2. The van der Waals surface area contributed by atoms with E-state index in [0.29, 0.717) is 23.5 Å². The van der Waals surface area contributed by atoms with E-state index < -0.39 is 23.5 Å². The number of hydrogen-bond acceptors (Lipinski definition) is 5. The van der Waals surface area contributed by atoms with Gasteiger partial charge >= 0.3 is 0 Å². The number of halogens is 1. The number of nitrogens with zero attached hydrogens (tertiary/aromatic N) is 1. The number of benzene rings is 3. The third-order valence-electron chi connectivity index (χ3n) is 6.45. The molecule has 1 saturated heterocycles. The Hall–Kier alpha value is -4.13. The maximum atomic E-state index is 13.5. The predicted molar refractivity (Wildman–Crippen MR) is 134 cm³/mol. The van der Waals surface area contributed by atoms with Crippen LogP contribution in [0.3, 0.4) is 0 Å². The number of Topliss-reactive ketones (excluding diaryl/α,β-unsaturated/α-hetero) is 1. The molecule has 186 valence electrons. The topological polar surface area (TPSA) is 76.1 Å². The third-order valence-corrected chi connectivity index (χ3v) is 6.45. The van der Waals surface area contributed by atoms with Crippen LogP contribution in [0.1, 0.15) is 35.2 Å². The summed E-state index contributed by atoms with van der Waals surface area (Å²) in [5.74, 6) is -1.09. The van der Waals surface area contributed by atoms with Gasteiger partial charge in [0.25, 0.3) is 11.7 Å². The summed E-state index contributed by atoms with van der Waals surface area (Å²) in [7, 11) is 3.11. The highest BCUT2D eigenvalue weighted by Gasteiger charge is 2.45. The summed E-state index contributed by atoms with van der Waals surface area (Å²) in [6, 6.07) is 17.5. The average Bonchev–Trinajstić information content (AvgIpc) is 3.16. The Bertz CT molecular complexity index is 1300. The number of ketones is 1. The zero-order valence-corrected chi connectivity index (χ0v) is 20.5. The molecule has 1 aliphatic heterocycles. The number of amides is 1. The maximum Gasteiger partial charge on any atom is 0.295 e. The van der Waals surface area contributed by atoms with Crippen molar-refractivity contribution in [3.05, 3.63) is 100 Å². The second-order valence-electron chi connectivity index (χ2n) is 8.53. The Balaban J connectivity index is 1.74. The van der Waals surface area contributed by atoms with E-state index in [9.17, 15) is 19.1 Å². The van der Waals surface area contributed by atoms with E-state index in [0.717, 1.165) is 17.5 Å². The average molecular weight is 490 g/mol. The Morgan fingerprint density at radius 2 is 1.56 bits per heavy atom. The summed E-state index contributed by atoms with van der Waals surface area (Å²) in [4.78, 5) is 27.8. The number of aliphatic hydroxyl groups is 1. The molecule has 6 nitrogen and oxygen atoms in total. The van der Waals surface area contributed by atoms with Gasteiger partial charge in [0.2, 0.25) is 0 Å². The van der Waals surface area contributed by atoms with Gasteiger partial charge in [0.1, 0.15) is 11.6 Å². The van der Waals surface area contributed by atoms with E-state index in [-0.39, 0.29) is 23.4 Å². The number of aliphatic hydroxyl groups excluding tert-OH is 1. The van der Waals surface area contributed by atoms with Crippen LogP contribution < -0.4 is 9.47 Å². The Labute approximate surface area is 209 Å². The summed E-state index contributed by atoms with van der Waals surface area (Å²) >= 11 is 0. The molecule has 3 aromatic rings. The van der Waals surface area contributed by atoms with Crippen LogP contribution in [0.25, 0.3) is 5.76 Å². The number of rotatable bonds is 8. The van der Waals surface area contributed by atoms with Crippen molar-refractivity contribution < 1.29 is 28.6 Å². The van der Waals surface area contributed by atoms with E-state index in [1.54, 1.807) is 20.3 Å². The Morgan fingerprint density at radius 3 is 2.17 bits per heavy atom. The first kappa shape index (κ1) is 25.0. The first-order chi connectivity index (χ1) is 17.4. The minimum absolute atomic E-state index is 0.0110. The molecule has 0 spiro atoms.